The van der Waals surface area contributed by atoms with Crippen molar-refractivity contribution in [2.75, 3.05) is 52.0 Å². The molecule has 0 fully saturated rings. The molecular formula is C20H33N3O5S. The summed E-state index contributed by atoms with van der Waals surface area (Å²) in [5.41, 5.74) is 1.69. The van der Waals surface area contributed by atoms with E-state index in [0.717, 1.165) is 17.5 Å². The molecule has 0 aromatic heterocycles. The van der Waals surface area contributed by atoms with Gasteiger partial charge in [-0.15, -0.1) is 0 Å². The summed E-state index contributed by atoms with van der Waals surface area (Å²) in [7, 11) is 2.00. The fraction of sp³-hybridized carbons (Fsp3) is 0.650. The second-order valence-electron chi connectivity index (χ2n) is 8.12. The van der Waals surface area contributed by atoms with Crippen LogP contribution in [0.5, 0.6) is 5.75 Å². The summed E-state index contributed by atoms with van der Waals surface area (Å²) in [6, 6.07) is 5.33. The summed E-state index contributed by atoms with van der Waals surface area (Å²) in [4.78, 5) is 16.7. The van der Waals surface area contributed by atoms with Gasteiger partial charge in [0, 0.05) is 44.9 Å². The fourth-order valence-corrected chi connectivity index (χ4v) is 3.72. The highest BCUT2D eigenvalue weighted by atomic mass is 32.2. The van der Waals surface area contributed by atoms with Gasteiger partial charge in [0.2, 0.25) is 15.9 Å². The van der Waals surface area contributed by atoms with Crippen LogP contribution in [0.4, 0.5) is 5.69 Å². The molecule has 1 aliphatic heterocycles. The maximum Gasteiger partial charge on any atom is 0.227 e. The molecule has 29 heavy (non-hydrogen) atoms. The molecule has 164 valence electrons. The van der Waals surface area contributed by atoms with E-state index in [0.29, 0.717) is 12.3 Å². The van der Waals surface area contributed by atoms with Gasteiger partial charge in [-0.25, -0.2) is 12.7 Å². The molecule has 0 saturated heterocycles. The van der Waals surface area contributed by atoms with E-state index in [2.05, 4.69) is 0 Å². The van der Waals surface area contributed by atoms with Crippen molar-refractivity contribution in [3.63, 3.8) is 0 Å². The first-order chi connectivity index (χ1) is 13.4. The van der Waals surface area contributed by atoms with Crippen LogP contribution in [0.1, 0.15) is 19.4 Å². The lowest BCUT2D eigenvalue weighted by atomic mass is 10.0. The number of amides is 1. The number of carbonyl (C=O) groups excluding carboxylic acids is 1. The lowest BCUT2D eigenvalue weighted by Crippen LogP contribution is -2.48. The molecule has 1 N–H and O–H groups in total. The molecule has 2 rings (SSSR count). The summed E-state index contributed by atoms with van der Waals surface area (Å²) in [6.45, 7) is 4.14. The third-order valence-electron chi connectivity index (χ3n) is 5.42. The second kappa shape index (κ2) is 9.32. The Morgan fingerprint density at radius 3 is 2.52 bits per heavy atom. The average Bonchev–Trinajstić information content (AvgIpc) is 2.68. The quantitative estimate of drug-likeness (QED) is 0.722. The summed E-state index contributed by atoms with van der Waals surface area (Å²) in [6.07, 6.45) is 0.870. The molecule has 0 unspecified atom stereocenters. The molecule has 0 saturated carbocycles. The minimum atomic E-state index is -3.37. The van der Waals surface area contributed by atoms with Gasteiger partial charge in [0.1, 0.15) is 11.9 Å². The molecule has 1 aromatic carbocycles. The Morgan fingerprint density at radius 1 is 1.31 bits per heavy atom. The number of anilines is 1. The Morgan fingerprint density at radius 2 is 1.97 bits per heavy atom. The van der Waals surface area contributed by atoms with Crippen molar-refractivity contribution in [2.24, 2.45) is 5.92 Å². The van der Waals surface area contributed by atoms with Crippen LogP contribution >= 0.6 is 0 Å². The number of aliphatic hydroxyl groups is 1. The number of hydrogen-bond acceptors (Lipinski definition) is 6. The van der Waals surface area contributed by atoms with Crippen LogP contribution in [0.2, 0.25) is 0 Å². The molecule has 0 radical (unpaired) electrons. The van der Waals surface area contributed by atoms with Gasteiger partial charge in [0.05, 0.1) is 31.9 Å². The Bertz CT molecular complexity index is 827. The van der Waals surface area contributed by atoms with Crippen LogP contribution in [-0.2, 0) is 21.2 Å². The standard InChI is InChI=1S/C20H33N3O5S/c1-14-11-23(15(2)13-24)20(25)10-16-9-17(21(3)4)7-8-18(16)28-19(14)12-22(5)29(6,26)27/h7-9,14-15,19,24H,10-13H2,1-6H3/t14-,15+,19-/m0/s1. The van der Waals surface area contributed by atoms with Gasteiger partial charge < -0.3 is 19.6 Å². The lowest BCUT2D eigenvalue weighted by Gasteiger charge is -2.33. The summed E-state index contributed by atoms with van der Waals surface area (Å²) in [5.74, 6) is 0.356. The average molecular weight is 428 g/mol. The minimum Gasteiger partial charge on any atom is -0.488 e. The first kappa shape index (κ1) is 23.4. The Kier molecular flexibility index (Phi) is 7.53. The van der Waals surface area contributed by atoms with Crippen LogP contribution in [0.25, 0.3) is 0 Å². The number of fused-ring (bicyclic) bond motifs is 1. The Balaban J connectivity index is 2.48. The smallest absolute Gasteiger partial charge is 0.227 e. The number of nitrogens with zero attached hydrogens (tertiary/aromatic N) is 3. The van der Waals surface area contributed by atoms with Gasteiger partial charge in [-0.2, -0.15) is 0 Å². The Hall–Kier alpha value is -1.84. The van der Waals surface area contributed by atoms with Crippen LogP contribution in [0.15, 0.2) is 18.2 Å². The van der Waals surface area contributed by atoms with Gasteiger partial charge in [0.25, 0.3) is 0 Å². The van der Waals surface area contributed by atoms with E-state index < -0.39 is 16.1 Å². The second-order valence-corrected chi connectivity index (χ2v) is 10.2. The molecule has 0 spiro atoms. The molecule has 0 bridgehead atoms. The van der Waals surface area contributed by atoms with Crippen LogP contribution in [-0.4, -0.2) is 87.9 Å². The minimum absolute atomic E-state index is 0.0868. The zero-order valence-electron chi connectivity index (χ0n) is 18.1. The molecular weight excluding hydrogens is 394 g/mol. The summed E-state index contributed by atoms with van der Waals surface area (Å²) in [5, 5.41) is 9.63. The molecule has 8 nitrogen and oxygen atoms in total. The van der Waals surface area contributed by atoms with Crippen molar-refractivity contribution in [3.8, 4) is 5.75 Å². The fourth-order valence-electron chi connectivity index (χ4n) is 3.30. The number of carbonyl (C=O) groups is 1. The topological polar surface area (TPSA) is 90.4 Å². The van der Waals surface area contributed by atoms with Crippen molar-refractivity contribution in [1.82, 2.24) is 9.21 Å². The number of hydrogen-bond donors (Lipinski definition) is 1. The predicted octanol–water partition coefficient (Wildman–Crippen LogP) is 0.793. The van der Waals surface area contributed by atoms with Gasteiger partial charge in [0.15, 0.2) is 0 Å². The molecule has 3 atom stereocenters. The highest BCUT2D eigenvalue weighted by molar-refractivity contribution is 7.88. The van der Waals surface area contributed by atoms with E-state index in [-0.39, 0.29) is 37.4 Å². The SMILES string of the molecule is C[C@H](CO)N1C[C@H](C)[C@H](CN(C)S(C)(=O)=O)Oc2ccc(N(C)C)cc2CC1=O. The Labute approximate surface area is 174 Å². The van der Waals surface area contributed by atoms with Crippen molar-refractivity contribution >= 4 is 21.6 Å². The summed E-state index contributed by atoms with van der Waals surface area (Å²) >= 11 is 0. The molecule has 1 aromatic rings. The zero-order valence-corrected chi connectivity index (χ0v) is 18.9. The summed E-state index contributed by atoms with van der Waals surface area (Å²) < 4.78 is 31.4. The van der Waals surface area contributed by atoms with E-state index in [9.17, 15) is 18.3 Å². The molecule has 0 aliphatic carbocycles. The third kappa shape index (κ3) is 5.83. The van der Waals surface area contributed by atoms with E-state index in [1.807, 2.05) is 44.1 Å². The molecule has 1 heterocycles. The third-order valence-corrected chi connectivity index (χ3v) is 6.70. The van der Waals surface area contributed by atoms with E-state index >= 15 is 0 Å². The van der Waals surface area contributed by atoms with Crippen LogP contribution in [0, 0.1) is 5.92 Å². The number of likely N-dealkylation sites (N-methyl/N-ethyl adjacent to an activating group) is 1. The van der Waals surface area contributed by atoms with Crippen LogP contribution < -0.4 is 9.64 Å². The highest BCUT2D eigenvalue weighted by Crippen LogP contribution is 2.30. The van der Waals surface area contributed by atoms with Crippen LogP contribution in [0.3, 0.4) is 0 Å². The first-order valence-corrected chi connectivity index (χ1v) is 11.6. The van der Waals surface area contributed by atoms with Crippen molar-refractivity contribution < 1.29 is 23.1 Å². The number of rotatable bonds is 6. The lowest BCUT2D eigenvalue weighted by molar-refractivity contribution is -0.134. The number of benzene rings is 1. The highest BCUT2D eigenvalue weighted by Gasteiger charge is 2.32. The van der Waals surface area contributed by atoms with Gasteiger partial charge in [-0.3, -0.25) is 4.79 Å². The number of ether oxygens (including phenoxy) is 1. The van der Waals surface area contributed by atoms with Gasteiger partial charge >= 0.3 is 0 Å². The maximum absolute atomic E-state index is 13.0. The normalized spacial score (nSPS) is 21.7. The zero-order chi connectivity index (χ0) is 21.9. The van der Waals surface area contributed by atoms with Crippen molar-refractivity contribution in [2.45, 2.75) is 32.4 Å². The monoisotopic (exact) mass is 427 g/mol. The van der Waals surface area contributed by atoms with E-state index in [1.54, 1.807) is 11.8 Å². The number of aliphatic hydroxyl groups excluding tert-OH is 1. The largest absolute Gasteiger partial charge is 0.488 e. The molecule has 1 aliphatic rings. The van der Waals surface area contributed by atoms with Crippen molar-refractivity contribution in [3.05, 3.63) is 23.8 Å². The van der Waals surface area contributed by atoms with E-state index in [1.165, 1.54) is 11.4 Å². The maximum atomic E-state index is 13.0. The first-order valence-electron chi connectivity index (χ1n) is 9.72. The van der Waals surface area contributed by atoms with Crippen molar-refractivity contribution in [1.29, 1.82) is 0 Å². The van der Waals surface area contributed by atoms with E-state index in [4.69, 9.17) is 4.74 Å². The van der Waals surface area contributed by atoms with Gasteiger partial charge in [-0.1, -0.05) is 6.92 Å². The number of sulfonamides is 1. The molecule has 1 amide bonds. The molecule has 9 heteroatoms. The van der Waals surface area contributed by atoms with Gasteiger partial charge in [-0.05, 0) is 25.1 Å². The predicted molar refractivity (Wildman–Crippen MR) is 114 cm³/mol.